The third-order valence-electron chi connectivity index (χ3n) is 3.69. The van der Waals surface area contributed by atoms with Gasteiger partial charge in [0.2, 0.25) is 11.8 Å². The number of carbonyl (C=O) groups is 2. The lowest BCUT2D eigenvalue weighted by molar-refractivity contribution is -0.134. The van der Waals surface area contributed by atoms with Gasteiger partial charge in [-0.2, -0.15) is 0 Å². The van der Waals surface area contributed by atoms with Crippen LogP contribution in [0.5, 0.6) is 0 Å². The molecule has 2 amide bonds. The highest BCUT2D eigenvalue weighted by Crippen LogP contribution is 2.18. The number of nitrogens with zero attached hydrogens (tertiary/aromatic N) is 1. The van der Waals surface area contributed by atoms with Crippen molar-refractivity contribution in [2.75, 3.05) is 13.1 Å². The van der Waals surface area contributed by atoms with Crippen LogP contribution in [0.4, 0.5) is 0 Å². The van der Waals surface area contributed by atoms with E-state index < -0.39 is 0 Å². The van der Waals surface area contributed by atoms with E-state index in [1.807, 2.05) is 24.3 Å². The first-order valence-electron chi connectivity index (χ1n) is 6.88. The van der Waals surface area contributed by atoms with Crippen molar-refractivity contribution in [3.05, 3.63) is 34.9 Å². The molecule has 1 aromatic carbocycles. The fraction of sp³-hybridized carbons (Fsp3) is 0.467. The van der Waals surface area contributed by atoms with Gasteiger partial charge in [-0.25, -0.2) is 0 Å². The maximum Gasteiger partial charge on any atom is 0.222 e. The third kappa shape index (κ3) is 3.97. The Morgan fingerprint density at radius 2 is 2.20 bits per heavy atom. The van der Waals surface area contributed by atoms with Crippen LogP contribution in [0.3, 0.4) is 0 Å². The van der Waals surface area contributed by atoms with E-state index in [1.54, 1.807) is 4.90 Å². The lowest BCUT2D eigenvalue weighted by Gasteiger charge is -2.31. The van der Waals surface area contributed by atoms with Gasteiger partial charge in [-0.05, 0) is 37.0 Å². The molecule has 5 heteroatoms. The second-order valence-electron chi connectivity index (χ2n) is 5.21. The Bertz CT molecular complexity index is 504. The molecule has 1 aromatic rings. The first-order valence-corrected chi connectivity index (χ1v) is 7.25. The quantitative estimate of drug-likeness (QED) is 0.923. The largest absolute Gasteiger partial charge is 0.369 e. The van der Waals surface area contributed by atoms with Crippen molar-refractivity contribution >= 4 is 23.4 Å². The lowest BCUT2D eigenvalue weighted by Crippen LogP contribution is -2.44. The van der Waals surface area contributed by atoms with Gasteiger partial charge in [-0.3, -0.25) is 9.59 Å². The molecule has 0 aliphatic carbocycles. The number of rotatable bonds is 4. The summed E-state index contributed by atoms with van der Waals surface area (Å²) in [6, 6.07) is 7.53. The Hall–Kier alpha value is -1.55. The number of primary amides is 1. The molecular formula is C15H19ClN2O2. The average molecular weight is 295 g/mol. The number of likely N-dealkylation sites (tertiary alicyclic amines) is 1. The number of hydrogen-bond acceptors (Lipinski definition) is 2. The minimum absolute atomic E-state index is 0.0796. The molecule has 20 heavy (non-hydrogen) atoms. The molecule has 1 aliphatic heterocycles. The number of piperidine rings is 1. The first kappa shape index (κ1) is 14.9. The van der Waals surface area contributed by atoms with Crippen molar-refractivity contribution in [2.24, 2.45) is 11.7 Å². The zero-order valence-electron chi connectivity index (χ0n) is 11.3. The summed E-state index contributed by atoms with van der Waals surface area (Å²) >= 11 is 5.92. The molecule has 1 unspecified atom stereocenters. The molecule has 2 N–H and O–H groups in total. The molecule has 1 heterocycles. The highest BCUT2D eigenvalue weighted by atomic mass is 35.5. The van der Waals surface area contributed by atoms with Crippen molar-refractivity contribution in [3.8, 4) is 0 Å². The monoisotopic (exact) mass is 294 g/mol. The predicted molar refractivity (Wildman–Crippen MR) is 78.3 cm³/mol. The van der Waals surface area contributed by atoms with Crippen molar-refractivity contribution < 1.29 is 9.59 Å². The Balaban J connectivity index is 1.87. The van der Waals surface area contributed by atoms with Crippen LogP contribution in [-0.2, 0) is 16.0 Å². The molecule has 0 aromatic heterocycles. The average Bonchev–Trinajstić information content (AvgIpc) is 2.45. The SMILES string of the molecule is NC(=O)C1CCCN(C(=O)CCc2cccc(Cl)c2)C1. The number of carbonyl (C=O) groups excluding carboxylic acids is 2. The summed E-state index contributed by atoms with van der Waals surface area (Å²) in [7, 11) is 0. The predicted octanol–water partition coefficient (Wildman–Crippen LogP) is 2.00. The van der Waals surface area contributed by atoms with Gasteiger partial charge in [0.25, 0.3) is 0 Å². The zero-order chi connectivity index (χ0) is 14.5. The van der Waals surface area contributed by atoms with Gasteiger partial charge in [-0.15, -0.1) is 0 Å². The molecule has 1 atom stereocenters. The van der Waals surface area contributed by atoms with Gasteiger partial charge < -0.3 is 10.6 Å². The van der Waals surface area contributed by atoms with Crippen LogP contribution in [0.25, 0.3) is 0 Å². The summed E-state index contributed by atoms with van der Waals surface area (Å²) in [6.07, 6.45) is 2.73. The highest BCUT2D eigenvalue weighted by Gasteiger charge is 2.26. The molecule has 1 saturated heterocycles. The van der Waals surface area contributed by atoms with Gasteiger partial charge in [0.15, 0.2) is 0 Å². The number of amides is 2. The van der Waals surface area contributed by atoms with Crippen LogP contribution >= 0.6 is 11.6 Å². The van der Waals surface area contributed by atoms with Crippen LogP contribution in [0, 0.1) is 5.92 Å². The summed E-state index contributed by atoms with van der Waals surface area (Å²) < 4.78 is 0. The van der Waals surface area contributed by atoms with E-state index in [1.165, 1.54) is 0 Å². The van der Waals surface area contributed by atoms with E-state index in [0.717, 1.165) is 24.9 Å². The molecular weight excluding hydrogens is 276 g/mol. The van der Waals surface area contributed by atoms with Gasteiger partial charge in [-0.1, -0.05) is 23.7 Å². The van der Waals surface area contributed by atoms with Gasteiger partial charge in [0.05, 0.1) is 5.92 Å². The Morgan fingerprint density at radius 1 is 1.40 bits per heavy atom. The fourth-order valence-corrected chi connectivity index (χ4v) is 2.75. The molecule has 0 bridgehead atoms. The van der Waals surface area contributed by atoms with Crippen LogP contribution in [0.1, 0.15) is 24.8 Å². The molecule has 4 nitrogen and oxygen atoms in total. The van der Waals surface area contributed by atoms with E-state index in [9.17, 15) is 9.59 Å². The van der Waals surface area contributed by atoms with Crippen molar-refractivity contribution in [1.29, 1.82) is 0 Å². The van der Waals surface area contributed by atoms with E-state index in [2.05, 4.69) is 0 Å². The van der Waals surface area contributed by atoms with E-state index in [0.29, 0.717) is 24.4 Å². The number of aryl methyl sites for hydroxylation is 1. The highest BCUT2D eigenvalue weighted by molar-refractivity contribution is 6.30. The molecule has 0 radical (unpaired) electrons. The maximum atomic E-state index is 12.2. The Labute approximate surface area is 123 Å². The number of hydrogen-bond donors (Lipinski definition) is 1. The summed E-state index contributed by atoms with van der Waals surface area (Å²) in [4.78, 5) is 25.1. The number of nitrogens with two attached hydrogens (primary N) is 1. The van der Waals surface area contributed by atoms with Crippen LogP contribution < -0.4 is 5.73 Å². The standard InChI is InChI=1S/C15H19ClN2O2/c16-13-5-1-3-11(9-13)6-7-14(19)18-8-2-4-12(10-18)15(17)20/h1,3,5,9,12H,2,4,6-8,10H2,(H2,17,20). The van der Waals surface area contributed by atoms with Crippen LogP contribution in [0.15, 0.2) is 24.3 Å². The minimum Gasteiger partial charge on any atom is -0.369 e. The van der Waals surface area contributed by atoms with Gasteiger partial charge in [0.1, 0.15) is 0 Å². The Kier molecular flexibility index (Phi) is 5.01. The molecule has 0 spiro atoms. The van der Waals surface area contributed by atoms with Crippen LogP contribution in [-0.4, -0.2) is 29.8 Å². The maximum absolute atomic E-state index is 12.2. The Morgan fingerprint density at radius 3 is 2.90 bits per heavy atom. The fourth-order valence-electron chi connectivity index (χ4n) is 2.54. The normalized spacial score (nSPS) is 18.9. The second-order valence-corrected chi connectivity index (χ2v) is 5.65. The number of halogens is 1. The number of benzene rings is 1. The van der Waals surface area contributed by atoms with Gasteiger partial charge >= 0.3 is 0 Å². The van der Waals surface area contributed by atoms with Crippen molar-refractivity contribution in [1.82, 2.24) is 4.90 Å². The van der Waals surface area contributed by atoms with E-state index in [4.69, 9.17) is 17.3 Å². The summed E-state index contributed by atoms with van der Waals surface area (Å²) in [6.45, 7) is 1.18. The van der Waals surface area contributed by atoms with E-state index in [-0.39, 0.29) is 17.7 Å². The summed E-state index contributed by atoms with van der Waals surface area (Å²) in [5.74, 6) is -0.424. The van der Waals surface area contributed by atoms with Crippen LogP contribution in [0.2, 0.25) is 5.02 Å². The smallest absolute Gasteiger partial charge is 0.222 e. The molecule has 1 aliphatic rings. The summed E-state index contributed by atoms with van der Waals surface area (Å²) in [5, 5.41) is 0.682. The first-order chi connectivity index (χ1) is 9.56. The van der Waals surface area contributed by atoms with Gasteiger partial charge in [0, 0.05) is 24.5 Å². The molecule has 1 fully saturated rings. The van der Waals surface area contributed by atoms with E-state index >= 15 is 0 Å². The minimum atomic E-state index is -0.308. The topological polar surface area (TPSA) is 63.4 Å². The second kappa shape index (κ2) is 6.75. The molecule has 2 rings (SSSR count). The van der Waals surface area contributed by atoms with Crippen molar-refractivity contribution in [3.63, 3.8) is 0 Å². The lowest BCUT2D eigenvalue weighted by atomic mass is 9.97. The van der Waals surface area contributed by atoms with Crippen molar-refractivity contribution in [2.45, 2.75) is 25.7 Å². The molecule has 0 saturated carbocycles. The summed E-state index contributed by atoms with van der Waals surface area (Å²) in [5.41, 5.74) is 6.37. The zero-order valence-corrected chi connectivity index (χ0v) is 12.1. The third-order valence-corrected chi connectivity index (χ3v) is 3.93. The molecule has 108 valence electrons.